The fourth-order valence-electron chi connectivity index (χ4n) is 4.24. The zero-order chi connectivity index (χ0) is 14.4. The van der Waals surface area contributed by atoms with Gasteiger partial charge in [-0.05, 0) is 31.1 Å². The highest BCUT2D eigenvalue weighted by molar-refractivity contribution is 5.85. The van der Waals surface area contributed by atoms with E-state index in [-0.39, 0.29) is 23.8 Å². The minimum atomic E-state index is -0.901. The molecule has 3 rings (SSSR count). The number of carbonyl (C=O) groups excluding carboxylic acids is 1. The highest BCUT2D eigenvalue weighted by Crippen LogP contribution is 2.63. The number of aliphatic carboxylic acids is 1. The Hall–Kier alpha value is -1.10. The van der Waals surface area contributed by atoms with Gasteiger partial charge in [-0.1, -0.05) is 12.8 Å². The molecule has 1 saturated heterocycles. The third-order valence-corrected chi connectivity index (χ3v) is 5.63. The summed E-state index contributed by atoms with van der Waals surface area (Å²) in [6.45, 7) is 1.05. The van der Waals surface area contributed by atoms with E-state index >= 15 is 0 Å². The second kappa shape index (κ2) is 4.72. The fraction of sp³-hybridized carbons (Fsp3) is 0.867. The van der Waals surface area contributed by atoms with E-state index in [9.17, 15) is 14.7 Å². The maximum absolute atomic E-state index is 12.6. The van der Waals surface area contributed by atoms with Crippen molar-refractivity contribution in [1.82, 2.24) is 4.90 Å². The number of methoxy groups -OCH3 is 1. The van der Waals surface area contributed by atoms with Crippen LogP contribution in [0.3, 0.4) is 0 Å². The number of carbonyl (C=O) groups is 2. The van der Waals surface area contributed by atoms with Crippen molar-refractivity contribution in [1.29, 1.82) is 0 Å². The average molecular weight is 281 g/mol. The molecule has 2 aliphatic carbocycles. The van der Waals surface area contributed by atoms with Crippen LogP contribution in [0.1, 0.15) is 38.5 Å². The summed E-state index contributed by atoms with van der Waals surface area (Å²) >= 11 is 0. The molecule has 0 aromatic rings. The van der Waals surface area contributed by atoms with Crippen LogP contribution in [0.4, 0.5) is 0 Å². The van der Waals surface area contributed by atoms with Crippen molar-refractivity contribution >= 4 is 11.9 Å². The Kier molecular flexibility index (Phi) is 3.27. The molecule has 1 N–H and O–H groups in total. The van der Waals surface area contributed by atoms with Crippen molar-refractivity contribution in [3.05, 3.63) is 0 Å². The summed E-state index contributed by atoms with van der Waals surface area (Å²) in [6, 6.07) is 0. The molecule has 2 atom stereocenters. The third kappa shape index (κ3) is 2.03. The second-order valence-electron chi connectivity index (χ2n) is 6.85. The third-order valence-electron chi connectivity index (χ3n) is 5.63. The first kappa shape index (κ1) is 13.9. The molecular formula is C15H23NO4. The van der Waals surface area contributed by atoms with Gasteiger partial charge < -0.3 is 14.7 Å². The molecular weight excluding hydrogens is 258 g/mol. The molecule has 2 saturated carbocycles. The monoisotopic (exact) mass is 281 g/mol. The standard InChI is InChI=1S/C15H23NO4/c1-20-10-15(13(18)19)6-7-16(9-15)12(17)11-8-14(11)4-2-3-5-14/h11H,2-10H2,1H3,(H,18,19). The number of ether oxygens (including phenoxy) is 1. The summed E-state index contributed by atoms with van der Waals surface area (Å²) in [4.78, 5) is 25.8. The van der Waals surface area contributed by atoms with Crippen LogP contribution >= 0.6 is 0 Å². The quantitative estimate of drug-likeness (QED) is 0.848. The van der Waals surface area contributed by atoms with Crippen molar-refractivity contribution in [3.63, 3.8) is 0 Å². The van der Waals surface area contributed by atoms with Gasteiger partial charge in [-0.2, -0.15) is 0 Å². The van der Waals surface area contributed by atoms with E-state index in [4.69, 9.17) is 4.74 Å². The molecule has 0 aromatic heterocycles. The summed E-state index contributed by atoms with van der Waals surface area (Å²) in [6.07, 6.45) is 6.37. The van der Waals surface area contributed by atoms with E-state index in [0.29, 0.717) is 19.5 Å². The first-order valence-electron chi connectivity index (χ1n) is 7.54. The predicted octanol–water partition coefficient (Wildman–Crippen LogP) is 1.52. The van der Waals surface area contributed by atoms with Crippen LogP contribution in [0.15, 0.2) is 0 Å². The van der Waals surface area contributed by atoms with E-state index in [1.165, 1.54) is 32.8 Å². The molecule has 20 heavy (non-hydrogen) atoms. The predicted molar refractivity (Wildman–Crippen MR) is 72.1 cm³/mol. The van der Waals surface area contributed by atoms with Crippen molar-refractivity contribution in [2.75, 3.05) is 26.8 Å². The van der Waals surface area contributed by atoms with Gasteiger partial charge in [0.25, 0.3) is 0 Å². The smallest absolute Gasteiger partial charge is 0.313 e. The Labute approximate surface area is 119 Å². The molecule has 1 amide bonds. The number of nitrogens with zero attached hydrogens (tertiary/aromatic N) is 1. The SMILES string of the molecule is COCC1(C(=O)O)CCN(C(=O)C2CC23CCCC3)C1. The Morgan fingerprint density at radius 1 is 1.30 bits per heavy atom. The van der Waals surface area contributed by atoms with E-state index in [1.54, 1.807) is 4.90 Å². The van der Waals surface area contributed by atoms with Crippen LogP contribution in [0.5, 0.6) is 0 Å². The number of carboxylic acid groups (broad SMARTS) is 1. The highest BCUT2D eigenvalue weighted by Gasteiger charge is 2.60. The Balaban J connectivity index is 1.65. The van der Waals surface area contributed by atoms with Crippen molar-refractivity contribution < 1.29 is 19.4 Å². The maximum atomic E-state index is 12.6. The number of carboxylic acids is 1. The molecule has 112 valence electrons. The molecule has 1 aliphatic heterocycles. The van der Waals surface area contributed by atoms with Gasteiger partial charge in [0.15, 0.2) is 0 Å². The molecule has 2 unspecified atom stereocenters. The van der Waals surface area contributed by atoms with E-state index in [1.807, 2.05) is 0 Å². The second-order valence-corrected chi connectivity index (χ2v) is 6.85. The lowest BCUT2D eigenvalue weighted by Crippen LogP contribution is -2.40. The minimum absolute atomic E-state index is 0.164. The first-order valence-corrected chi connectivity index (χ1v) is 7.54. The molecule has 5 nitrogen and oxygen atoms in total. The van der Waals surface area contributed by atoms with Crippen LogP contribution in [0.2, 0.25) is 0 Å². The zero-order valence-electron chi connectivity index (χ0n) is 12.1. The van der Waals surface area contributed by atoms with Gasteiger partial charge in [-0.15, -0.1) is 0 Å². The van der Waals surface area contributed by atoms with Crippen LogP contribution in [-0.2, 0) is 14.3 Å². The van der Waals surface area contributed by atoms with Crippen LogP contribution in [-0.4, -0.2) is 48.7 Å². The molecule has 3 fully saturated rings. The number of amides is 1. The van der Waals surface area contributed by atoms with Gasteiger partial charge in [0.2, 0.25) is 5.91 Å². The van der Waals surface area contributed by atoms with Gasteiger partial charge >= 0.3 is 5.97 Å². The summed E-state index contributed by atoms with van der Waals surface area (Å²) in [5.41, 5.74) is -0.616. The van der Waals surface area contributed by atoms with Gasteiger partial charge in [0, 0.05) is 26.1 Å². The van der Waals surface area contributed by atoms with E-state index < -0.39 is 11.4 Å². The lowest BCUT2D eigenvalue weighted by atomic mass is 9.88. The average Bonchev–Trinajstić information content (AvgIpc) is 2.78. The number of likely N-dealkylation sites (tertiary alicyclic amines) is 1. The Morgan fingerprint density at radius 3 is 2.60 bits per heavy atom. The largest absolute Gasteiger partial charge is 0.481 e. The molecule has 0 radical (unpaired) electrons. The van der Waals surface area contributed by atoms with Crippen LogP contribution < -0.4 is 0 Å². The lowest BCUT2D eigenvalue weighted by Gasteiger charge is -2.24. The molecule has 0 aromatic carbocycles. The van der Waals surface area contributed by atoms with Crippen LogP contribution in [0, 0.1) is 16.7 Å². The van der Waals surface area contributed by atoms with Crippen LogP contribution in [0.25, 0.3) is 0 Å². The summed E-state index contributed by atoms with van der Waals surface area (Å²) in [5, 5.41) is 9.44. The summed E-state index contributed by atoms with van der Waals surface area (Å²) < 4.78 is 5.07. The number of hydrogen-bond acceptors (Lipinski definition) is 3. The molecule has 1 spiro atoms. The molecule has 1 heterocycles. The van der Waals surface area contributed by atoms with Crippen molar-refractivity contribution in [2.45, 2.75) is 38.5 Å². The normalized spacial score (nSPS) is 34.6. The fourth-order valence-corrected chi connectivity index (χ4v) is 4.24. The summed E-state index contributed by atoms with van der Waals surface area (Å²) in [7, 11) is 1.52. The van der Waals surface area contributed by atoms with E-state index in [0.717, 1.165) is 6.42 Å². The molecule has 5 heteroatoms. The first-order chi connectivity index (χ1) is 9.53. The van der Waals surface area contributed by atoms with Crippen molar-refractivity contribution in [3.8, 4) is 0 Å². The Morgan fingerprint density at radius 2 is 2.00 bits per heavy atom. The van der Waals surface area contributed by atoms with E-state index in [2.05, 4.69) is 0 Å². The van der Waals surface area contributed by atoms with Gasteiger partial charge in [-0.3, -0.25) is 9.59 Å². The number of rotatable bonds is 4. The minimum Gasteiger partial charge on any atom is -0.481 e. The lowest BCUT2D eigenvalue weighted by molar-refractivity contribution is -0.151. The number of hydrogen-bond donors (Lipinski definition) is 1. The highest BCUT2D eigenvalue weighted by atomic mass is 16.5. The van der Waals surface area contributed by atoms with Gasteiger partial charge in [0.1, 0.15) is 5.41 Å². The zero-order valence-corrected chi connectivity index (χ0v) is 12.1. The van der Waals surface area contributed by atoms with Crippen molar-refractivity contribution in [2.24, 2.45) is 16.7 Å². The molecule has 3 aliphatic rings. The van der Waals surface area contributed by atoms with Gasteiger partial charge in [0.05, 0.1) is 6.61 Å². The Bertz CT molecular complexity index is 430. The maximum Gasteiger partial charge on any atom is 0.313 e. The summed E-state index contributed by atoms with van der Waals surface area (Å²) in [5.74, 6) is -0.496. The van der Waals surface area contributed by atoms with Gasteiger partial charge in [-0.25, -0.2) is 0 Å². The molecule has 0 bridgehead atoms. The topological polar surface area (TPSA) is 66.8 Å².